The Labute approximate surface area is 72.5 Å². The predicted octanol–water partition coefficient (Wildman–Crippen LogP) is 2.76. The molecule has 0 atom stereocenters. The quantitative estimate of drug-likeness (QED) is 0.628. The van der Waals surface area contributed by atoms with Crippen molar-refractivity contribution in [1.29, 1.82) is 0 Å². The maximum Gasteiger partial charge on any atom is 0.128 e. The second-order valence-electron chi connectivity index (χ2n) is 2.49. The summed E-state index contributed by atoms with van der Waals surface area (Å²) >= 11 is 1.75. The number of thioether (sulfide) groups is 1. The van der Waals surface area contributed by atoms with Crippen LogP contribution in [-0.4, -0.2) is 13.4 Å². The summed E-state index contributed by atoms with van der Waals surface area (Å²) in [6.45, 7) is 2.15. The molecule has 0 heterocycles. The zero-order valence-electron chi connectivity index (χ0n) is 7.18. The van der Waals surface area contributed by atoms with Crippen LogP contribution in [0.15, 0.2) is 22.8 Å². The lowest BCUT2D eigenvalue weighted by atomic mass is 10.0. The van der Waals surface area contributed by atoms with Gasteiger partial charge in [-0.1, -0.05) is 13.0 Å². The molecule has 1 radical (unpaired) electrons. The lowest BCUT2D eigenvalue weighted by Crippen LogP contribution is -2.01. The molecule has 2 heteroatoms. The minimum absolute atomic E-state index is 1.00. The Hall–Kier alpha value is -0.370. The Morgan fingerprint density at radius 3 is 2.73 bits per heavy atom. The highest BCUT2D eigenvalue weighted by Gasteiger charge is 2.15. The minimum Gasteiger partial charge on any atom is -0.496 e. The lowest BCUT2D eigenvalue weighted by Gasteiger charge is -2.18. The minimum atomic E-state index is 1.00. The van der Waals surface area contributed by atoms with Crippen LogP contribution in [0.1, 0.15) is 13.3 Å². The molecule has 11 heavy (non-hydrogen) atoms. The van der Waals surface area contributed by atoms with Gasteiger partial charge < -0.3 is 4.74 Å². The highest BCUT2D eigenvalue weighted by molar-refractivity contribution is 8.02. The Morgan fingerprint density at radius 2 is 2.27 bits per heavy atom. The first-order chi connectivity index (χ1) is 5.29. The van der Waals surface area contributed by atoms with Crippen LogP contribution in [0.25, 0.3) is 0 Å². The molecule has 1 nitrogen and oxygen atoms in total. The molecule has 0 saturated heterocycles. The first-order valence-electron chi connectivity index (χ1n) is 3.61. The molecule has 0 N–H and O–H groups in total. The first kappa shape index (κ1) is 8.72. The summed E-state index contributed by atoms with van der Waals surface area (Å²) in [5.41, 5.74) is 0. The van der Waals surface area contributed by atoms with Gasteiger partial charge in [0, 0.05) is 10.8 Å². The van der Waals surface area contributed by atoms with Gasteiger partial charge in [-0.3, -0.25) is 0 Å². The van der Waals surface area contributed by atoms with Crippen molar-refractivity contribution in [2.75, 3.05) is 13.4 Å². The van der Waals surface area contributed by atoms with Gasteiger partial charge in [0.25, 0.3) is 0 Å². The topological polar surface area (TPSA) is 9.23 Å². The van der Waals surface area contributed by atoms with Gasteiger partial charge in [-0.15, -0.1) is 11.8 Å². The number of hydrogen-bond donors (Lipinski definition) is 0. The summed E-state index contributed by atoms with van der Waals surface area (Å²) in [7, 11) is 1.72. The fraction of sp³-hybridized carbons (Fsp3) is 0.444. The van der Waals surface area contributed by atoms with E-state index in [2.05, 4.69) is 19.3 Å². The molecule has 61 valence electrons. The van der Waals surface area contributed by atoms with Gasteiger partial charge in [-0.2, -0.15) is 0 Å². The van der Waals surface area contributed by atoms with E-state index in [0.717, 1.165) is 12.2 Å². The van der Waals surface area contributed by atoms with E-state index >= 15 is 0 Å². The number of rotatable bonds is 2. The van der Waals surface area contributed by atoms with E-state index in [-0.39, 0.29) is 0 Å². The van der Waals surface area contributed by atoms with E-state index in [9.17, 15) is 0 Å². The average molecular weight is 169 g/mol. The number of ether oxygens (including phenoxy) is 1. The van der Waals surface area contributed by atoms with Gasteiger partial charge in [-0.05, 0) is 18.8 Å². The van der Waals surface area contributed by atoms with Crippen LogP contribution in [0.2, 0.25) is 0 Å². The van der Waals surface area contributed by atoms with Gasteiger partial charge in [-0.25, -0.2) is 0 Å². The molecule has 0 aromatic rings. The third-order valence-corrected chi connectivity index (χ3v) is 2.69. The normalized spacial score (nSPS) is 19.2. The highest BCUT2D eigenvalue weighted by Crippen LogP contribution is 2.33. The molecule has 1 rings (SSSR count). The summed E-state index contributed by atoms with van der Waals surface area (Å²) in [5, 5.41) is 0. The Balaban J connectivity index is 2.86. The molecular weight excluding hydrogens is 156 g/mol. The monoisotopic (exact) mass is 169 g/mol. The fourth-order valence-corrected chi connectivity index (χ4v) is 1.94. The van der Waals surface area contributed by atoms with Crippen LogP contribution in [0, 0.1) is 5.92 Å². The van der Waals surface area contributed by atoms with E-state index in [4.69, 9.17) is 4.74 Å². The predicted molar refractivity (Wildman–Crippen MR) is 50.2 cm³/mol. The van der Waals surface area contributed by atoms with Gasteiger partial charge in [0.15, 0.2) is 0 Å². The van der Waals surface area contributed by atoms with Crippen LogP contribution in [-0.2, 0) is 4.74 Å². The number of allylic oxidation sites excluding steroid dienone is 3. The lowest BCUT2D eigenvalue weighted by molar-refractivity contribution is 0.303. The van der Waals surface area contributed by atoms with Crippen LogP contribution >= 0.6 is 11.8 Å². The largest absolute Gasteiger partial charge is 0.496 e. The van der Waals surface area contributed by atoms with Crippen LogP contribution < -0.4 is 0 Å². The zero-order valence-corrected chi connectivity index (χ0v) is 7.99. The van der Waals surface area contributed by atoms with Crippen molar-refractivity contribution in [3.63, 3.8) is 0 Å². The molecule has 0 amide bonds. The molecule has 0 aromatic heterocycles. The smallest absolute Gasteiger partial charge is 0.128 e. The highest BCUT2D eigenvalue weighted by atomic mass is 32.2. The zero-order chi connectivity index (χ0) is 8.27. The summed E-state index contributed by atoms with van der Waals surface area (Å²) < 4.78 is 5.22. The van der Waals surface area contributed by atoms with Crippen molar-refractivity contribution in [2.45, 2.75) is 13.3 Å². The average Bonchev–Trinajstić information content (AvgIpc) is 2.04. The van der Waals surface area contributed by atoms with Crippen molar-refractivity contribution < 1.29 is 4.74 Å². The van der Waals surface area contributed by atoms with E-state index < -0.39 is 0 Å². The van der Waals surface area contributed by atoms with Crippen molar-refractivity contribution in [2.24, 2.45) is 0 Å². The molecule has 0 aliphatic heterocycles. The summed E-state index contributed by atoms with van der Waals surface area (Å²) in [6, 6.07) is 0. The van der Waals surface area contributed by atoms with Crippen LogP contribution in [0.5, 0.6) is 0 Å². The van der Waals surface area contributed by atoms with Crippen LogP contribution in [0.3, 0.4) is 0 Å². The molecule has 0 spiro atoms. The second kappa shape index (κ2) is 3.86. The summed E-state index contributed by atoms with van der Waals surface area (Å²) in [5.74, 6) is 2.40. The Kier molecular flexibility index (Phi) is 3.06. The van der Waals surface area contributed by atoms with Gasteiger partial charge in [0.1, 0.15) is 5.76 Å². The standard InChI is InChI=1S/C9H13OS/c1-7-5-4-6-8(10-2)9(7)11-3/h4,6H,5H2,1-3H3. The molecule has 1 aliphatic carbocycles. The van der Waals surface area contributed by atoms with Gasteiger partial charge in [0.2, 0.25) is 0 Å². The third kappa shape index (κ3) is 1.80. The maximum absolute atomic E-state index is 5.22. The van der Waals surface area contributed by atoms with Crippen LogP contribution in [0.4, 0.5) is 0 Å². The Morgan fingerprint density at radius 1 is 1.55 bits per heavy atom. The molecule has 0 bridgehead atoms. The fourth-order valence-electron chi connectivity index (χ4n) is 1.16. The molecule has 0 unspecified atom stereocenters. The SMILES string of the molecule is COC1=C(SC)[C](C)CC=C1. The molecule has 0 saturated carbocycles. The van der Waals surface area contributed by atoms with Crippen molar-refractivity contribution in [3.8, 4) is 0 Å². The summed E-state index contributed by atoms with van der Waals surface area (Å²) in [6.07, 6.45) is 7.31. The van der Waals surface area contributed by atoms with Crippen molar-refractivity contribution in [3.05, 3.63) is 28.7 Å². The van der Waals surface area contributed by atoms with Gasteiger partial charge in [0.05, 0.1) is 7.11 Å². The third-order valence-electron chi connectivity index (χ3n) is 1.73. The molecule has 0 aromatic carbocycles. The number of methoxy groups -OCH3 is 1. The molecule has 0 fully saturated rings. The van der Waals surface area contributed by atoms with E-state index in [0.29, 0.717) is 0 Å². The first-order valence-corrected chi connectivity index (χ1v) is 4.83. The van der Waals surface area contributed by atoms with E-state index in [1.165, 1.54) is 10.8 Å². The second-order valence-corrected chi connectivity index (χ2v) is 3.30. The number of hydrogen-bond acceptors (Lipinski definition) is 2. The summed E-state index contributed by atoms with van der Waals surface area (Å²) in [4.78, 5) is 1.29. The van der Waals surface area contributed by atoms with E-state index in [1.54, 1.807) is 18.9 Å². The van der Waals surface area contributed by atoms with Crippen molar-refractivity contribution >= 4 is 11.8 Å². The van der Waals surface area contributed by atoms with Gasteiger partial charge >= 0.3 is 0 Å². The van der Waals surface area contributed by atoms with E-state index in [1.807, 2.05) is 6.08 Å². The Bertz CT molecular complexity index is 194. The van der Waals surface area contributed by atoms with Crippen molar-refractivity contribution in [1.82, 2.24) is 0 Å². The molecular formula is C9H13OS. The molecule has 1 aliphatic rings. The maximum atomic E-state index is 5.22.